The SMILES string of the molecule is COCCNC(=O)CCN(c1ccc(OC(C)C)cc1)S(C)(=O)=O. The highest BCUT2D eigenvalue weighted by atomic mass is 32.2. The second kappa shape index (κ2) is 9.48. The molecule has 0 heterocycles. The molecule has 0 aromatic heterocycles. The monoisotopic (exact) mass is 358 g/mol. The van der Waals surface area contributed by atoms with Crippen LogP contribution in [0.25, 0.3) is 0 Å². The lowest BCUT2D eigenvalue weighted by molar-refractivity contribution is -0.121. The Morgan fingerprint density at radius 2 is 1.88 bits per heavy atom. The molecule has 8 heteroatoms. The lowest BCUT2D eigenvalue weighted by Crippen LogP contribution is -2.35. The molecule has 1 rings (SSSR count). The number of hydrogen-bond donors (Lipinski definition) is 1. The Labute approximate surface area is 144 Å². The van der Waals surface area contributed by atoms with Gasteiger partial charge >= 0.3 is 0 Å². The maximum absolute atomic E-state index is 12.0. The highest BCUT2D eigenvalue weighted by molar-refractivity contribution is 7.92. The van der Waals surface area contributed by atoms with Crippen molar-refractivity contribution in [3.05, 3.63) is 24.3 Å². The van der Waals surface area contributed by atoms with Crippen molar-refractivity contribution in [3.63, 3.8) is 0 Å². The average Bonchev–Trinajstić information content (AvgIpc) is 2.47. The number of carbonyl (C=O) groups excluding carboxylic acids is 1. The van der Waals surface area contributed by atoms with Crippen LogP contribution in [-0.2, 0) is 19.6 Å². The zero-order valence-electron chi connectivity index (χ0n) is 14.6. The van der Waals surface area contributed by atoms with Crippen LogP contribution in [0.5, 0.6) is 5.75 Å². The van der Waals surface area contributed by atoms with Crippen LogP contribution in [-0.4, -0.2) is 53.5 Å². The van der Waals surface area contributed by atoms with E-state index in [1.165, 1.54) is 4.31 Å². The Bertz CT molecular complexity index is 614. The van der Waals surface area contributed by atoms with E-state index in [9.17, 15) is 13.2 Å². The minimum Gasteiger partial charge on any atom is -0.491 e. The Morgan fingerprint density at radius 1 is 1.25 bits per heavy atom. The lowest BCUT2D eigenvalue weighted by Gasteiger charge is -2.22. The summed E-state index contributed by atoms with van der Waals surface area (Å²) in [5.74, 6) is 0.444. The van der Waals surface area contributed by atoms with Crippen molar-refractivity contribution in [2.45, 2.75) is 26.4 Å². The van der Waals surface area contributed by atoms with Gasteiger partial charge in [0.15, 0.2) is 0 Å². The predicted octanol–water partition coefficient (Wildman–Crippen LogP) is 1.39. The highest BCUT2D eigenvalue weighted by Gasteiger charge is 2.18. The highest BCUT2D eigenvalue weighted by Crippen LogP contribution is 2.22. The van der Waals surface area contributed by atoms with Crippen LogP contribution in [0, 0.1) is 0 Å². The van der Waals surface area contributed by atoms with E-state index in [0.717, 1.165) is 6.26 Å². The number of rotatable bonds is 10. The smallest absolute Gasteiger partial charge is 0.232 e. The minimum atomic E-state index is -3.49. The first-order valence-corrected chi connectivity index (χ1v) is 9.59. The van der Waals surface area contributed by atoms with Crippen LogP contribution in [0.1, 0.15) is 20.3 Å². The molecule has 0 bridgehead atoms. The fraction of sp³-hybridized carbons (Fsp3) is 0.562. The molecule has 0 saturated carbocycles. The van der Waals surface area contributed by atoms with Crippen molar-refractivity contribution in [2.75, 3.05) is 37.4 Å². The molecule has 0 unspecified atom stereocenters. The standard InChI is InChI=1S/C16H26N2O5S/c1-13(2)23-15-7-5-14(6-8-15)18(24(4,20)21)11-9-16(19)17-10-12-22-3/h5-8,13H,9-12H2,1-4H3,(H,17,19). The van der Waals surface area contributed by atoms with Gasteiger partial charge in [0.05, 0.1) is 24.7 Å². The molecule has 0 aliphatic carbocycles. The molecule has 1 amide bonds. The summed E-state index contributed by atoms with van der Waals surface area (Å²) in [5, 5.41) is 2.67. The van der Waals surface area contributed by atoms with Gasteiger partial charge < -0.3 is 14.8 Å². The molecule has 0 aliphatic rings. The number of hydrogen-bond acceptors (Lipinski definition) is 5. The number of methoxy groups -OCH3 is 1. The molecule has 0 atom stereocenters. The third-order valence-corrected chi connectivity index (χ3v) is 4.26. The summed E-state index contributed by atoms with van der Waals surface area (Å²) in [6, 6.07) is 6.77. The van der Waals surface area contributed by atoms with Crippen molar-refractivity contribution in [1.82, 2.24) is 5.32 Å². The molecule has 0 spiro atoms. The largest absolute Gasteiger partial charge is 0.491 e. The molecule has 1 aromatic rings. The number of nitrogens with zero attached hydrogens (tertiary/aromatic N) is 1. The van der Waals surface area contributed by atoms with Gasteiger partial charge in [-0.3, -0.25) is 9.10 Å². The van der Waals surface area contributed by atoms with Crippen molar-refractivity contribution in [3.8, 4) is 5.75 Å². The first-order valence-electron chi connectivity index (χ1n) is 7.74. The molecule has 0 fully saturated rings. The maximum atomic E-state index is 12.0. The van der Waals surface area contributed by atoms with Gasteiger partial charge in [0.1, 0.15) is 5.75 Å². The number of benzene rings is 1. The van der Waals surface area contributed by atoms with Crippen LogP contribution in [0.2, 0.25) is 0 Å². The van der Waals surface area contributed by atoms with Gasteiger partial charge in [-0.2, -0.15) is 0 Å². The summed E-state index contributed by atoms with van der Waals surface area (Å²) in [6.07, 6.45) is 1.23. The van der Waals surface area contributed by atoms with E-state index in [4.69, 9.17) is 9.47 Å². The number of anilines is 1. The van der Waals surface area contributed by atoms with E-state index < -0.39 is 10.0 Å². The quantitative estimate of drug-likeness (QED) is 0.639. The predicted molar refractivity (Wildman–Crippen MR) is 93.9 cm³/mol. The van der Waals surface area contributed by atoms with Gasteiger partial charge in [-0.25, -0.2) is 8.42 Å². The molecular weight excluding hydrogens is 332 g/mol. The van der Waals surface area contributed by atoms with Crippen molar-refractivity contribution >= 4 is 21.6 Å². The molecule has 0 aliphatic heterocycles. The molecule has 1 N–H and O–H groups in total. The number of amides is 1. The topological polar surface area (TPSA) is 84.9 Å². The summed E-state index contributed by atoms with van der Waals surface area (Å²) in [7, 11) is -1.94. The van der Waals surface area contributed by atoms with Crippen LogP contribution in [0.4, 0.5) is 5.69 Å². The van der Waals surface area contributed by atoms with Gasteiger partial charge in [0, 0.05) is 26.6 Å². The van der Waals surface area contributed by atoms with E-state index in [0.29, 0.717) is 24.6 Å². The molecule has 1 aromatic carbocycles. The summed E-state index contributed by atoms with van der Waals surface area (Å²) >= 11 is 0. The normalized spacial score (nSPS) is 11.4. The van der Waals surface area contributed by atoms with Gasteiger partial charge in [0.25, 0.3) is 0 Å². The van der Waals surface area contributed by atoms with Crippen molar-refractivity contribution < 1.29 is 22.7 Å². The summed E-state index contributed by atoms with van der Waals surface area (Å²) < 4.78 is 35.6. The van der Waals surface area contributed by atoms with Gasteiger partial charge in [-0.15, -0.1) is 0 Å². The van der Waals surface area contributed by atoms with E-state index in [2.05, 4.69) is 5.32 Å². The average molecular weight is 358 g/mol. The Kier molecular flexibility index (Phi) is 8.00. The molecule has 0 radical (unpaired) electrons. The van der Waals surface area contributed by atoms with Crippen molar-refractivity contribution in [1.29, 1.82) is 0 Å². The Hall–Kier alpha value is -1.80. The second-order valence-corrected chi connectivity index (χ2v) is 7.50. The first-order chi connectivity index (χ1) is 11.2. The summed E-state index contributed by atoms with van der Waals surface area (Å²) in [5.41, 5.74) is 0.498. The number of sulfonamides is 1. The van der Waals surface area contributed by atoms with E-state index in [1.807, 2.05) is 13.8 Å². The van der Waals surface area contributed by atoms with Crippen molar-refractivity contribution in [2.24, 2.45) is 0 Å². The molecular formula is C16H26N2O5S. The minimum absolute atomic E-state index is 0.0395. The van der Waals surface area contributed by atoms with Crippen LogP contribution in [0.15, 0.2) is 24.3 Å². The summed E-state index contributed by atoms with van der Waals surface area (Å²) in [6.45, 7) is 4.72. The maximum Gasteiger partial charge on any atom is 0.232 e. The number of nitrogens with one attached hydrogen (secondary N) is 1. The molecule has 7 nitrogen and oxygen atoms in total. The van der Waals surface area contributed by atoms with Crippen LogP contribution < -0.4 is 14.4 Å². The summed E-state index contributed by atoms with van der Waals surface area (Å²) in [4.78, 5) is 11.7. The zero-order valence-corrected chi connectivity index (χ0v) is 15.4. The molecule has 136 valence electrons. The van der Waals surface area contributed by atoms with E-state index in [-0.39, 0.29) is 25.0 Å². The van der Waals surface area contributed by atoms with Gasteiger partial charge in [-0.05, 0) is 38.1 Å². The third kappa shape index (κ3) is 7.18. The fourth-order valence-electron chi connectivity index (χ4n) is 2.03. The number of carbonyl (C=O) groups is 1. The van der Waals surface area contributed by atoms with Crippen LogP contribution >= 0.6 is 0 Å². The number of ether oxygens (including phenoxy) is 2. The fourth-order valence-corrected chi connectivity index (χ4v) is 2.96. The van der Waals surface area contributed by atoms with Gasteiger partial charge in [-0.1, -0.05) is 0 Å². The molecule has 24 heavy (non-hydrogen) atoms. The second-order valence-electron chi connectivity index (χ2n) is 5.59. The van der Waals surface area contributed by atoms with Crippen LogP contribution in [0.3, 0.4) is 0 Å². The van der Waals surface area contributed by atoms with Gasteiger partial charge in [0.2, 0.25) is 15.9 Å². The zero-order chi connectivity index (χ0) is 18.2. The lowest BCUT2D eigenvalue weighted by atomic mass is 10.3. The Morgan fingerprint density at radius 3 is 2.38 bits per heavy atom. The first kappa shape index (κ1) is 20.2. The van der Waals surface area contributed by atoms with E-state index in [1.54, 1.807) is 31.4 Å². The molecule has 0 saturated heterocycles. The third-order valence-electron chi connectivity index (χ3n) is 3.07. The Balaban J connectivity index is 2.74. The van der Waals surface area contributed by atoms with E-state index >= 15 is 0 Å².